The summed E-state index contributed by atoms with van der Waals surface area (Å²) in [5.74, 6) is -0.116. The zero-order valence-electron chi connectivity index (χ0n) is 17.8. The summed E-state index contributed by atoms with van der Waals surface area (Å²) < 4.78 is 5.45. The number of morpholine rings is 1. The van der Waals surface area contributed by atoms with Crippen LogP contribution in [0.1, 0.15) is 15.9 Å². The topological polar surface area (TPSA) is 83.1 Å². The van der Waals surface area contributed by atoms with Crippen molar-refractivity contribution in [3.05, 3.63) is 78.2 Å². The number of hydrogen-bond acceptors (Lipinski definition) is 5. The van der Waals surface area contributed by atoms with Crippen LogP contribution in [0.15, 0.2) is 67.1 Å². The lowest BCUT2D eigenvalue weighted by Gasteiger charge is -2.28. The fourth-order valence-corrected chi connectivity index (χ4v) is 3.95. The first-order valence-corrected chi connectivity index (χ1v) is 10.9. The Bertz CT molecular complexity index is 1200. The molecule has 0 radical (unpaired) electrons. The molecule has 0 saturated carbocycles. The van der Waals surface area contributed by atoms with Gasteiger partial charge < -0.3 is 19.9 Å². The quantitative estimate of drug-likeness (QED) is 0.493. The Labute approximate surface area is 186 Å². The third-order valence-corrected chi connectivity index (χ3v) is 5.74. The van der Waals surface area contributed by atoms with Gasteiger partial charge in [-0.3, -0.25) is 9.78 Å². The number of hydrogen-bond donors (Lipinski definition) is 2. The van der Waals surface area contributed by atoms with Crippen molar-refractivity contribution in [2.24, 2.45) is 0 Å². The molecule has 1 aliphatic rings. The van der Waals surface area contributed by atoms with Gasteiger partial charge in [-0.15, -0.1) is 0 Å². The molecule has 7 nitrogen and oxygen atoms in total. The Balaban J connectivity index is 1.29. The number of aromatic amines is 1. The van der Waals surface area contributed by atoms with Crippen molar-refractivity contribution >= 4 is 22.6 Å². The molecule has 4 heterocycles. The lowest BCUT2D eigenvalue weighted by molar-refractivity contribution is 0.0954. The van der Waals surface area contributed by atoms with Crippen LogP contribution in [0, 0.1) is 0 Å². The molecule has 2 N–H and O–H groups in total. The highest BCUT2D eigenvalue weighted by atomic mass is 16.5. The van der Waals surface area contributed by atoms with Crippen molar-refractivity contribution in [3.63, 3.8) is 0 Å². The van der Waals surface area contributed by atoms with E-state index in [1.54, 1.807) is 6.20 Å². The maximum absolute atomic E-state index is 12.5. The highest BCUT2D eigenvalue weighted by molar-refractivity contribution is 5.96. The van der Waals surface area contributed by atoms with Gasteiger partial charge in [-0.2, -0.15) is 0 Å². The van der Waals surface area contributed by atoms with Crippen LogP contribution in [0.25, 0.3) is 22.3 Å². The molecule has 1 aliphatic heterocycles. The van der Waals surface area contributed by atoms with E-state index in [0.717, 1.165) is 60.7 Å². The maximum Gasteiger partial charge on any atom is 0.252 e. The molecule has 0 bridgehead atoms. The number of carbonyl (C=O) groups is 1. The van der Waals surface area contributed by atoms with Crippen LogP contribution in [0.4, 0.5) is 5.69 Å². The average Bonchev–Trinajstić information content (AvgIpc) is 3.28. The van der Waals surface area contributed by atoms with Gasteiger partial charge in [0, 0.05) is 43.0 Å². The van der Waals surface area contributed by atoms with Gasteiger partial charge in [0.15, 0.2) is 0 Å². The number of benzene rings is 1. The first-order chi connectivity index (χ1) is 15.8. The minimum absolute atomic E-state index is 0.116. The predicted octanol–water partition coefficient (Wildman–Crippen LogP) is 3.43. The monoisotopic (exact) mass is 427 g/mol. The first kappa shape index (κ1) is 20.2. The van der Waals surface area contributed by atoms with E-state index in [4.69, 9.17) is 4.74 Å². The maximum atomic E-state index is 12.5. The molecule has 3 aromatic heterocycles. The van der Waals surface area contributed by atoms with Crippen LogP contribution in [-0.2, 0) is 11.2 Å². The molecule has 5 rings (SSSR count). The largest absolute Gasteiger partial charge is 0.378 e. The van der Waals surface area contributed by atoms with Gasteiger partial charge in [-0.1, -0.05) is 30.3 Å². The number of pyridine rings is 2. The Hall–Kier alpha value is -3.71. The summed E-state index contributed by atoms with van der Waals surface area (Å²) in [5.41, 5.74) is 5.42. The average molecular weight is 428 g/mol. The summed E-state index contributed by atoms with van der Waals surface area (Å²) in [7, 11) is 0. The molecule has 4 aromatic rings. The van der Waals surface area contributed by atoms with E-state index in [0.29, 0.717) is 12.1 Å². The SMILES string of the molecule is O=C(NCCc1ccccc1)c1ccc(-c2c[nH]c3ncc(N4CCOCC4)cc23)nc1. The normalized spacial score (nSPS) is 13.9. The molecule has 0 atom stereocenters. The van der Waals surface area contributed by atoms with Crippen LogP contribution in [0.3, 0.4) is 0 Å². The number of ether oxygens (including phenoxy) is 1. The Morgan fingerprint density at radius 3 is 2.69 bits per heavy atom. The van der Waals surface area contributed by atoms with E-state index >= 15 is 0 Å². The summed E-state index contributed by atoms with van der Waals surface area (Å²) in [4.78, 5) is 27.1. The fourth-order valence-electron chi connectivity index (χ4n) is 3.95. The van der Waals surface area contributed by atoms with Gasteiger partial charge in [-0.05, 0) is 30.2 Å². The summed E-state index contributed by atoms with van der Waals surface area (Å²) in [6, 6.07) is 16.0. The van der Waals surface area contributed by atoms with Crippen molar-refractivity contribution in [2.75, 3.05) is 37.7 Å². The van der Waals surface area contributed by atoms with E-state index in [9.17, 15) is 4.79 Å². The Morgan fingerprint density at radius 2 is 1.91 bits per heavy atom. The molecule has 32 heavy (non-hydrogen) atoms. The van der Waals surface area contributed by atoms with Crippen LogP contribution in [0.2, 0.25) is 0 Å². The van der Waals surface area contributed by atoms with Crippen molar-refractivity contribution in [3.8, 4) is 11.3 Å². The van der Waals surface area contributed by atoms with Crippen molar-refractivity contribution in [1.29, 1.82) is 0 Å². The third kappa shape index (κ3) is 4.33. The molecule has 1 fully saturated rings. The molecule has 0 aliphatic carbocycles. The Kier molecular flexibility index (Phi) is 5.81. The number of anilines is 1. The minimum Gasteiger partial charge on any atom is -0.378 e. The molecule has 0 unspecified atom stereocenters. The molecular weight excluding hydrogens is 402 g/mol. The second-order valence-corrected chi connectivity index (χ2v) is 7.82. The van der Waals surface area contributed by atoms with Crippen molar-refractivity contribution in [1.82, 2.24) is 20.3 Å². The van der Waals surface area contributed by atoms with Gasteiger partial charge in [0.25, 0.3) is 5.91 Å². The van der Waals surface area contributed by atoms with Gasteiger partial charge in [-0.25, -0.2) is 4.98 Å². The van der Waals surface area contributed by atoms with Gasteiger partial charge in [0.1, 0.15) is 5.65 Å². The summed E-state index contributed by atoms with van der Waals surface area (Å²) in [5, 5.41) is 3.98. The number of fused-ring (bicyclic) bond motifs is 1. The molecule has 1 aromatic carbocycles. The lowest BCUT2D eigenvalue weighted by atomic mass is 10.1. The highest BCUT2D eigenvalue weighted by Gasteiger charge is 2.15. The van der Waals surface area contributed by atoms with E-state index in [1.165, 1.54) is 5.56 Å². The third-order valence-electron chi connectivity index (χ3n) is 5.74. The fraction of sp³-hybridized carbons (Fsp3) is 0.240. The summed E-state index contributed by atoms with van der Waals surface area (Å²) in [6.45, 7) is 3.77. The molecule has 1 saturated heterocycles. The van der Waals surface area contributed by atoms with E-state index in [-0.39, 0.29) is 5.91 Å². The second-order valence-electron chi connectivity index (χ2n) is 7.82. The smallest absolute Gasteiger partial charge is 0.252 e. The standard InChI is InChI=1S/C25H25N5O2/c31-25(26-9-8-18-4-2-1-3-5-18)19-6-7-23(27-15-19)22-17-29-24-21(22)14-20(16-28-24)30-10-12-32-13-11-30/h1-7,14-17H,8-13H2,(H,26,31)(H,28,29). The Morgan fingerprint density at radius 1 is 1.06 bits per heavy atom. The number of H-pyrrole nitrogens is 1. The van der Waals surface area contributed by atoms with Gasteiger partial charge in [0.2, 0.25) is 0 Å². The first-order valence-electron chi connectivity index (χ1n) is 10.9. The number of carbonyl (C=O) groups excluding carboxylic acids is 1. The number of amides is 1. The molecule has 162 valence electrons. The molecular formula is C25H25N5O2. The highest BCUT2D eigenvalue weighted by Crippen LogP contribution is 2.29. The van der Waals surface area contributed by atoms with E-state index < -0.39 is 0 Å². The second kappa shape index (κ2) is 9.20. The zero-order valence-corrected chi connectivity index (χ0v) is 17.8. The number of aromatic nitrogens is 3. The molecule has 7 heteroatoms. The lowest BCUT2D eigenvalue weighted by Crippen LogP contribution is -2.36. The molecule has 0 spiro atoms. The molecule has 1 amide bonds. The summed E-state index contributed by atoms with van der Waals surface area (Å²) in [6.07, 6.45) is 6.24. The van der Waals surface area contributed by atoms with E-state index in [2.05, 4.69) is 43.4 Å². The van der Waals surface area contributed by atoms with Crippen LogP contribution >= 0.6 is 0 Å². The summed E-state index contributed by atoms with van der Waals surface area (Å²) >= 11 is 0. The van der Waals surface area contributed by atoms with Crippen LogP contribution in [0.5, 0.6) is 0 Å². The van der Waals surface area contributed by atoms with Gasteiger partial charge >= 0.3 is 0 Å². The minimum atomic E-state index is -0.116. The van der Waals surface area contributed by atoms with Gasteiger partial charge in [0.05, 0.1) is 36.4 Å². The van der Waals surface area contributed by atoms with Crippen molar-refractivity contribution in [2.45, 2.75) is 6.42 Å². The number of nitrogens with zero attached hydrogens (tertiary/aromatic N) is 3. The number of rotatable bonds is 6. The predicted molar refractivity (Wildman–Crippen MR) is 125 cm³/mol. The van der Waals surface area contributed by atoms with Crippen LogP contribution in [-0.4, -0.2) is 53.7 Å². The zero-order chi connectivity index (χ0) is 21.8. The number of nitrogens with one attached hydrogen (secondary N) is 2. The van der Waals surface area contributed by atoms with E-state index in [1.807, 2.05) is 42.7 Å². The van der Waals surface area contributed by atoms with Crippen LogP contribution < -0.4 is 10.2 Å². The van der Waals surface area contributed by atoms with Crippen molar-refractivity contribution < 1.29 is 9.53 Å².